The molecule has 0 bridgehead atoms. The van der Waals surface area contributed by atoms with E-state index in [0.717, 1.165) is 6.07 Å². The van der Waals surface area contributed by atoms with Crippen LogP contribution in [-0.4, -0.2) is 38.4 Å². The number of para-hydroxylation sites is 2. The molecule has 1 fully saturated rings. The first-order valence-corrected chi connectivity index (χ1v) is 11.8. The lowest BCUT2D eigenvalue weighted by Gasteiger charge is -2.33. The Morgan fingerprint density at radius 1 is 1.00 bits per heavy atom. The number of hydrogen-bond donors (Lipinski definition) is 1. The Labute approximate surface area is 186 Å². The van der Waals surface area contributed by atoms with Gasteiger partial charge < -0.3 is 9.64 Å². The second-order valence-corrected chi connectivity index (χ2v) is 9.29. The number of ether oxygens (including phenoxy) is 1. The number of nitrogens with one attached hydrogen (secondary N) is 1. The van der Waals surface area contributed by atoms with Crippen LogP contribution in [0.15, 0.2) is 83.8 Å². The summed E-state index contributed by atoms with van der Waals surface area (Å²) in [6.07, 6.45) is 1.23. The van der Waals surface area contributed by atoms with E-state index in [4.69, 9.17) is 4.74 Å². The van der Waals surface area contributed by atoms with Gasteiger partial charge in [-0.15, -0.1) is 0 Å². The van der Waals surface area contributed by atoms with Crippen molar-refractivity contribution in [3.8, 4) is 11.5 Å². The van der Waals surface area contributed by atoms with Crippen molar-refractivity contribution in [2.75, 3.05) is 13.1 Å². The quantitative estimate of drug-likeness (QED) is 0.606. The highest BCUT2D eigenvalue weighted by atomic mass is 32.2. The summed E-state index contributed by atoms with van der Waals surface area (Å²) in [7, 11) is -3.90. The highest BCUT2D eigenvalue weighted by molar-refractivity contribution is 7.89. The SMILES string of the molecule is O=C(c1ccccc1Oc1ccccc1)N1CCCC(NS(=O)(=O)c2cccc(F)c2)C1. The number of hydrogen-bond acceptors (Lipinski definition) is 4. The molecule has 4 rings (SSSR count). The van der Waals surface area contributed by atoms with Crippen molar-refractivity contribution in [3.05, 3.63) is 90.2 Å². The Balaban J connectivity index is 1.49. The van der Waals surface area contributed by atoms with Gasteiger partial charge in [-0.1, -0.05) is 36.4 Å². The minimum absolute atomic E-state index is 0.137. The molecule has 1 amide bonds. The van der Waals surface area contributed by atoms with E-state index in [1.807, 2.05) is 18.2 Å². The van der Waals surface area contributed by atoms with Crippen molar-refractivity contribution in [2.24, 2.45) is 0 Å². The zero-order valence-electron chi connectivity index (χ0n) is 17.3. The van der Waals surface area contributed by atoms with E-state index >= 15 is 0 Å². The van der Waals surface area contributed by atoms with Crippen LogP contribution in [0.3, 0.4) is 0 Å². The molecule has 0 radical (unpaired) electrons. The monoisotopic (exact) mass is 454 g/mol. The average Bonchev–Trinajstić information content (AvgIpc) is 2.80. The van der Waals surface area contributed by atoms with Crippen LogP contribution in [0.1, 0.15) is 23.2 Å². The Morgan fingerprint density at radius 3 is 2.53 bits per heavy atom. The van der Waals surface area contributed by atoms with Crippen molar-refractivity contribution in [1.29, 1.82) is 0 Å². The van der Waals surface area contributed by atoms with Gasteiger partial charge in [0.15, 0.2) is 0 Å². The molecule has 1 atom stereocenters. The van der Waals surface area contributed by atoms with E-state index < -0.39 is 21.9 Å². The summed E-state index contributed by atoms with van der Waals surface area (Å²) in [5, 5.41) is 0. The van der Waals surface area contributed by atoms with Gasteiger partial charge in [-0.3, -0.25) is 4.79 Å². The smallest absolute Gasteiger partial charge is 0.257 e. The molecule has 0 saturated carbocycles. The summed E-state index contributed by atoms with van der Waals surface area (Å²) in [5.41, 5.74) is 0.407. The van der Waals surface area contributed by atoms with Crippen LogP contribution in [0, 0.1) is 5.82 Å². The minimum atomic E-state index is -3.90. The fraction of sp³-hybridized carbons (Fsp3) is 0.208. The lowest BCUT2D eigenvalue weighted by Crippen LogP contribution is -2.49. The number of carbonyl (C=O) groups is 1. The third-order valence-corrected chi connectivity index (χ3v) is 6.74. The largest absolute Gasteiger partial charge is 0.457 e. The molecular weight excluding hydrogens is 431 g/mol. The van der Waals surface area contributed by atoms with Crippen molar-refractivity contribution in [1.82, 2.24) is 9.62 Å². The normalized spacial score (nSPS) is 16.5. The van der Waals surface area contributed by atoms with Crippen LogP contribution in [-0.2, 0) is 10.0 Å². The van der Waals surface area contributed by atoms with Gasteiger partial charge in [0.2, 0.25) is 10.0 Å². The van der Waals surface area contributed by atoms with Gasteiger partial charge in [0.25, 0.3) is 5.91 Å². The molecule has 1 aliphatic heterocycles. The average molecular weight is 455 g/mol. The van der Waals surface area contributed by atoms with E-state index in [-0.39, 0.29) is 17.3 Å². The highest BCUT2D eigenvalue weighted by Gasteiger charge is 2.29. The molecule has 0 aliphatic carbocycles. The third kappa shape index (κ3) is 5.15. The first kappa shape index (κ1) is 22.0. The van der Waals surface area contributed by atoms with Crippen LogP contribution in [0.4, 0.5) is 4.39 Å². The van der Waals surface area contributed by atoms with E-state index in [0.29, 0.717) is 36.4 Å². The summed E-state index contributed by atoms with van der Waals surface area (Å²) in [5.74, 6) is 0.202. The standard InChI is InChI=1S/C24H23FN2O4S/c25-18-8-6-12-21(16-18)32(29,30)26-19-9-7-15-27(17-19)24(28)22-13-4-5-14-23(22)31-20-10-2-1-3-11-20/h1-6,8,10-14,16,19,26H,7,9,15,17H2. The fourth-order valence-corrected chi connectivity index (χ4v) is 4.99. The van der Waals surface area contributed by atoms with Crippen molar-refractivity contribution < 1.29 is 22.3 Å². The molecule has 1 heterocycles. The van der Waals surface area contributed by atoms with Gasteiger partial charge in [0.1, 0.15) is 17.3 Å². The molecule has 1 saturated heterocycles. The number of sulfonamides is 1. The predicted molar refractivity (Wildman–Crippen MR) is 119 cm³/mol. The van der Waals surface area contributed by atoms with E-state index in [2.05, 4.69) is 4.72 Å². The zero-order valence-corrected chi connectivity index (χ0v) is 18.1. The maximum absolute atomic E-state index is 13.5. The maximum atomic E-state index is 13.5. The molecule has 6 nitrogen and oxygen atoms in total. The first-order valence-electron chi connectivity index (χ1n) is 10.3. The molecule has 1 N–H and O–H groups in total. The van der Waals surface area contributed by atoms with Gasteiger partial charge in [0, 0.05) is 19.1 Å². The molecule has 166 valence electrons. The van der Waals surface area contributed by atoms with Gasteiger partial charge in [-0.2, -0.15) is 0 Å². The summed E-state index contributed by atoms with van der Waals surface area (Å²) < 4.78 is 47.3. The number of halogens is 1. The minimum Gasteiger partial charge on any atom is -0.457 e. The predicted octanol–water partition coefficient (Wildman–Crippen LogP) is 4.20. The van der Waals surface area contributed by atoms with Crippen molar-refractivity contribution in [3.63, 3.8) is 0 Å². The maximum Gasteiger partial charge on any atom is 0.257 e. The number of piperidine rings is 1. The van der Waals surface area contributed by atoms with Crippen LogP contribution < -0.4 is 9.46 Å². The van der Waals surface area contributed by atoms with Gasteiger partial charge in [-0.05, 0) is 55.3 Å². The summed E-state index contributed by atoms with van der Waals surface area (Å²) in [6.45, 7) is 0.726. The molecule has 1 unspecified atom stereocenters. The topological polar surface area (TPSA) is 75.7 Å². The number of benzene rings is 3. The molecule has 1 aliphatic rings. The third-order valence-electron chi connectivity index (χ3n) is 5.23. The fourth-order valence-electron chi connectivity index (χ4n) is 3.70. The Hall–Kier alpha value is -3.23. The molecule has 3 aromatic carbocycles. The van der Waals surface area contributed by atoms with E-state index in [1.165, 1.54) is 18.2 Å². The summed E-state index contributed by atoms with van der Waals surface area (Å²) >= 11 is 0. The van der Waals surface area contributed by atoms with Gasteiger partial charge in [0.05, 0.1) is 10.5 Å². The number of amides is 1. The van der Waals surface area contributed by atoms with Crippen LogP contribution >= 0.6 is 0 Å². The molecule has 32 heavy (non-hydrogen) atoms. The number of likely N-dealkylation sites (tertiary alicyclic amines) is 1. The second kappa shape index (κ2) is 9.50. The molecule has 0 aromatic heterocycles. The molecule has 8 heteroatoms. The molecule has 3 aromatic rings. The van der Waals surface area contributed by atoms with Crippen LogP contribution in [0.5, 0.6) is 11.5 Å². The highest BCUT2D eigenvalue weighted by Crippen LogP contribution is 2.27. The Bertz CT molecular complexity index is 1200. The number of carbonyl (C=O) groups excluding carboxylic acids is 1. The lowest BCUT2D eigenvalue weighted by atomic mass is 10.0. The summed E-state index contributed by atoms with van der Waals surface area (Å²) in [6, 6.07) is 20.6. The van der Waals surface area contributed by atoms with Crippen molar-refractivity contribution in [2.45, 2.75) is 23.8 Å². The first-order chi connectivity index (χ1) is 15.4. The Kier molecular flexibility index (Phi) is 6.53. The molecular formula is C24H23FN2O4S. The van der Waals surface area contributed by atoms with Crippen LogP contribution in [0.2, 0.25) is 0 Å². The van der Waals surface area contributed by atoms with E-state index in [9.17, 15) is 17.6 Å². The van der Waals surface area contributed by atoms with Crippen molar-refractivity contribution >= 4 is 15.9 Å². The van der Waals surface area contributed by atoms with Crippen LogP contribution in [0.25, 0.3) is 0 Å². The Morgan fingerprint density at radius 2 is 1.75 bits per heavy atom. The lowest BCUT2D eigenvalue weighted by molar-refractivity contribution is 0.0700. The van der Waals surface area contributed by atoms with E-state index in [1.54, 1.807) is 41.3 Å². The summed E-state index contributed by atoms with van der Waals surface area (Å²) in [4.78, 5) is 14.7. The number of nitrogens with zero attached hydrogens (tertiary/aromatic N) is 1. The van der Waals surface area contributed by atoms with Gasteiger partial charge in [-0.25, -0.2) is 17.5 Å². The zero-order chi connectivity index (χ0) is 22.6. The number of rotatable bonds is 6. The van der Waals surface area contributed by atoms with Gasteiger partial charge >= 0.3 is 0 Å². The molecule has 0 spiro atoms. The second-order valence-electron chi connectivity index (χ2n) is 7.58.